The zero-order chi connectivity index (χ0) is 18.0. The van der Waals surface area contributed by atoms with Crippen molar-refractivity contribution in [3.05, 3.63) is 77.0 Å². The zero-order valence-corrected chi connectivity index (χ0v) is 14.0. The molecular weight excluding hydrogens is 314 g/mol. The van der Waals surface area contributed by atoms with E-state index in [1.807, 2.05) is 62.4 Å². The molecule has 0 saturated heterocycles. The van der Waals surface area contributed by atoms with E-state index < -0.39 is 11.8 Å². The Morgan fingerprint density at radius 2 is 1.76 bits per heavy atom. The maximum Gasteiger partial charge on any atom is 0.377 e. The van der Waals surface area contributed by atoms with Gasteiger partial charge in [-0.1, -0.05) is 48.0 Å². The van der Waals surface area contributed by atoms with Crippen molar-refractivity contribution in [3.63, 3.8) is 0 Å². The van der Waals surface area contributed by atoms with Crippen LogP contribution >= 0.6 is 0 Å². The van der Waals surface area contributed by atoms with Gasteiger partial charge in [0.2, 0.25) is 0 Å². The fourth-order valence-corrected chi connectivity index (χ4v) is 2.66. The van der Waals surface area contributed by atoms with E-state index in [-0.39, 0.29) is 5.57 Å². The molecule has 25 heavy (non-hydrogen) atoms. The van der Waals surface area contributed by atoms with E-state index in [9.17, 15) is 14.7 Å². The fourth-order valence-electron chi connectivity index (χ4n) is 2.66. The molecule has 0 spiro atoms. The van der Waals surface area contributed by atoms with Crippen LogP contribution in [0.25, 0.3) is 22.6 Å². The van der Waals surface area contributed by atoms with Crippen molar-refractivity contribution in [2.75, 3.05) is 0 Å². The van der Waals surface area contributed by atoms with Gasteiger partial charge in [-0.15, -0.1) is 0 Å². The molecule has 0 fully saturated rings. The van der Waals surface area contributed by atoms with Crippen LogP contribution in [-0.4, -0.2) is 21.8 Å². The molecule has 1 aromatic heterocycles. The van der Waals surface area contributed by atoms with E-state index in [2.05, 4.69) is 4.98 Å². The molecule has 0 bridgehead atoms. The number of benzene rings is 2. The highest BCUT2D eigenvalue weighted by Gasteiger charge is 2.21. The Bertz CT molecular complexity index is 1020. The number of hydrogen-bond donors (Lipinski definition) is 1. The number of aryl methyl sites for hydroxylation is 2. The van der Waals surface area contributed by atoms with Gasteiger partial charge in [0.25, 0.3) is 5.78 Å². The Morgan fingerprint density at radius 1 is 1.00 bits per heavy atom. The topological polar surface area (TPSA) is 67.3 Å². The third-order valence-electron chi connectivity index (χ3n) is 4.05. The van der Waals surface area contributed by atoms with Crippen LogP contribution < -0.4 is 0 Å². The number of carboxylic acids is 1. The summed E-state index contributed by atoms with van der Waals surface area (Å²) < 4.78 is 0. The normalized spacial score (nSPS) is 11.5. The van der Waals surface area contributed by atoms with Crippen LogP contribution in [0.3, 0.4) is 0 Å². The molecule has 0 aliphatic carbocycles. The Balaban J connectivity index is 2.20. The van der Waals surface area contributed by atoms with Crippen molar-refractivity contribution in [2.45, 2.75) is 13.8 Å². The minimum absolute atomic E-state index is 0.0759. The molecule has 1 heterocycles. The summed E-state index contributed by atoms with van der Waals surface area (Å²) in [5.41, 5.74) is 3.94. The van der Waals surface area contributed by atoms with Gasteiger partial charge in [-0.3, -0.25) is 4.79 Å². The Kier molecular flexibility index (Phi) is 4.44. The number of aliphatic carboxylic acids is 1. The molecule has 124 valence electrons. The van der Waals surface area contributed by atoms with Crippen molar-refractivity contribution in [3.8, 4) is 0 Å². The first-order valence-corrected chi connectivity index (χ1v) is 7.88. The number of hydrogen-bond acceptors (Lipinski definition) is 3. The van der Waals surface area contributed by atoms with Gasteiger partial charge >= 0.3 is 5.97 Å². The van der Waals surface area contributed by atoms with Crippen molar-refractivity contribution >= 4 is 34.3 Å². The fraction of sp³-hybridized carbons (Fsp3) is 0.0952. The summed E-state index contributed by atoms with van der Waals surface area (Å²) in [5.74, 6) is -2.46. The highest BCUT2D eigenvalue weighted by molar-refractivity contribution is 6.52. The van der Waals surface area contributed by atoms with E-state index >= 15 is 0 Å². The molecule has 0 aliphatic rings. The standard InChI is InChI=1S/C21H17NO3/c1-13-7-8-14(2)16(11-13)12-17(20(23)21(24)25)19-10-9-15-5-3-4-6-18(15)22-19/h3-12H,1-2H3,(H,24,25)/b17-12+. The summed E-state index contributed by atoms with van der Waals surface area (Å²) in [6, 6.07) is 16.9. The Labute approximate surface area is 145 Å². The van der Waals surface area contributed by atoms with Gasteiger partial charge in [0.05, 0.1) is 16.8 Å². The van der Waals surface area contributed by atoms with Gasteiger partial charge in [0.15, 0.2) is 0 Å². The van der Waals surface area contributed by atoms with Crippen LogP contribution in [0.4, 0.5) is 0 Å². The number of carbonyl (C=O) groups is 2. The number of aromatic nitrogens is 1. The predicted octanol–water partition coefficient (Wildman–Crippen LogP) is 4.05. The Hall–Kier alpha value is -3.27. The van der Waals surface area contributed by atoms with Gasteiger partial charge in [-0.25, -0.2) is 9.78 Å². The van der Waals surface area contributed by atoms with Crippen LogP contribution in [0, 0.1) is 13.8 Å². The summed E-state index contributed by atoms with van der Waals surface area (Å²) in [4.78, 5) is 28.0. The Morgan fingerprint density at radius 3 is 2.52 bits per heavy atom. The van der Waals surface area contributed by atoms with Gasteiger partial charge in [0.1, 0.15) is 0 Å². The second-order valence-corrected chi connectivity index (χ2v) is 5.94. The van der Waals surface area contributed by atoms with E-state index in [0.717, 1.165) is 22.1 Å². The second-order valence-electron chi connectivity index (χ2n) is 5.94. The van der Waals surface area contributed by atoms with Crippen LogP contribution in [0.15, 0.2) is 54.6 Å². The van der Waals surface area contributed by atoms with Gasteiger partial charge < -0.3 is 5.11 Å². The predicted molar refractivity (Wildman–Crippen MR) is 98.2 cm³/mol. The summed E-state index contributed by atoms with van der Waals surface area (Å²) in [6.45, 7) is 3.87. The molecule has 0 unspecified atom stereocenters. The third-order valence-corrected chi connectivity index (χ3v) is 4.05. The molecule has 1 N–H and O–H groups in total. The maximum atomic E-state index is 12.3. The molecule has 2 aromatic carbocycles. The number of ketones is 1. The highest BCUT2D eigenvalue weighted by atomic mass is 16.4. The molecule has 4 heteroatoms. The molecule has 0 aliphatic heterocycles. The zero-order valence-electron chi connectivity index (χ0n) is 14.0. The number of nitrogens with zero attached hydrogens (tertiary/aromatic N) is 1. The summed E-state index contributed by atoms with van der Waals surface area (Å²) in [5, 5.41) is 10.1. The van der Waals surface area contributed by atoms with Crippen molar-refractivity contribution < 1.29 is 14.7 Å². The van der Waals surface area contributed by atoms with E-state index in [1.54, 1.807) is 12.1 Å². The lowest BCUT2D eigenvalue weighted by atomic mass is 9.98. The van der Waals surface area contributed by atoms with E-state index in [1.165, 1.54) is 0 Å². The summed E-state index contributed by atoms with van der Waals surface area (Å²) >= 11 is 0. The molecule has 3 rings (SSSR count). The third kappa shape index (κ3) is 3.48. The van der Waals surface area contributed by atoms with Gasteiger partial charge in [-0.05, 0) is 43.2 Å². The van der Waals surface area contributed by atoms with Crippen LogP contribution in [0.1, 0.15) is 22.4 Å². The average molecular weight is 331 g/mol. The molecule has 4 nitrogen and oxygen atoms in total. The van der Waals surface area contributed by atoms with Crippen LogP contribution in [0.5, 0.6) is 0 Å². The number of rotatable bonds is 4. The average Bonchev–Trinajstić information content (AvgIpc) is 2.61. The van der Waals surface area contributed by atoms with Crippen molar-refractivity contribution in [1.82, 2.24) is 4.98 Å². The smallest absolute Gasteiger partial charge is 0.377 e. The molecule has 0 radical (unpaired) electrons. The first-order chi connectivity index (χ1) is 12.0. The first-order valence-electron chi connectivity index (χ1n) is 7.88. The monoisotopic (exact) mass is 331 g/mol. The molecule has 0 atom stereocenters. The summed E-state index contributed by atoms with van der Waals surface area (Å²) in [6.07, 6.45) is 1.61. The lowest BCUT2D eigenvalue weighted by Crippen LogP contribution is -2.15. The number of para-hydroxylation sites is 1. The number of carboxylic acid groups (broad SMARTS) is 1. The lowest BCUT2D eigenvalue weighted by Gasteiger charge is -2.08. The number of pyridine rings is 1. The van der Waals surface area contributed by atoms with Crippen LogP contribution in [0.2, 0.25) is 0 Å². The largest absolute Gasteiger partial charge is 0.475 e. The summed E-state index contributed by atoms with van der Waals surface area (Å²) in [7, 11) is 0. The second kappa shape index (κ2) is 6.69. The quantitative estimate of drug-likeness (QED) is 0.578. The van der Waals surface area contributed by atoms with Gasteiger partial charge in [-0.2, -0.15) is 0 Å². The van der Waals surface area contributed by atoms with E-state index in [0.29, 0.717) is 11.2 Å². The number of fused-ring (bicyclic) bond motifs is 1. The molecule has 3 aromatic rings. The SMILES string of the molecule is Cc1ccc(C)c(/C=C(/C(=O)C(=O)O)c2ccc3ccccc3n2)c1. The van der Waals surface area contributed by atoms with Crippen molar-refractivity contribution in [2.24, 2.45) is 0 Å². The minimum Gasteiger partial charge on any atom is -0.475 e. The lowest BCUT2D eigenvalue weighted by molar-refractivity contribution is -0.146. The highest BCUT2D eigenvalue weighted by Crippen LogP contribution is 2.23. The molecule has 0 saturated carbocycles. The maximum absolute atomic E-state index is 12.3. The van der Waals surface area contributed by atoms with Crippen molar-refractivity contribution in [1.29, 1.82) is 0 Å². The molecule has 0 amide bonds. The van der Waals surface area contributed by atoms with Crippen LogP contribution in [-0.2, 0) is 9.59 Å². The van der Waals surface area contributed by atoms with Gasteiger partial charge in [0, 0.05) is 5.39 Å². The molecular formula is C21H17NO3. The van der Waals surface area contributed by atoms with E-state index in [4.69, 9.17) is 0 Å². The first kappa shape index (κ1) is 16.6. The number of Topliss-reactive ketones (excluding diaryl/α,β-unsaturated/α-hetero) is 1. The number of carbonyl (C=O) groups excluding carboxylic acids is 1. The minimum atomic E-state index is -1.49.